The van der Waals surface area contributed by atoms with Crippen LogP contribution in [0.5, 0.6) is 0 Å². The van der Waals surface area contributed by atoms with E-state index < -0.39 is 0 Å². The summed E-state index contributed by atoms with van der Waals surface area (Å²) in [6.45, 7) is 13.6. The molecule has 0 aliphatic carbocycles. The van der Waals surface area contributed by atoms with E-state index in [0.717, 1.165) is 19.5 Å². The summed E-state index contributed by atoms with van der Waals surface area (Å²) in [7, 11) is 0. The number of hydrogen-bond donors (Lipinski definition) is 1. The van der Waals surface area contributed by atoms with Crippen LogP contribution in [-0.4, -0.2) is 36.1 Å². The lowest BCUT2D eigenvalue weighted by molar-refractivity contribution is 0.0648. The van der Waals surface area contributed by atoms with Crippen molar-refractivity contribution in [3.63, 3.8) is 0 Å². The Morgan fingerprint density at radius 1 is 1.50 bits per heavy atom. The summed E-state index contributed by atoms with van der Waals surface area (Å²) in [5, 5.41) is 3.64. The zero-order valence-electron chi connectivity index (χ0n) is 11.4. The molecule has 0 bridgehead atoms. The zero-order valence-corrected chi connectivity index (χ0v) is 11.4. The van der Waals surface area contributed by atoms with E-state index in [1.807, 2.05) is 0 Å². The van der Waals surface area contributed by atoms with Crippen LogP contribution in [0, 0.1) is 17.8 Å². The van der Waals surface area contributed by atoms with Crippen molar-refractivity contribution in [3.8, 4) is 12.3 Å². The smallest absolute Gasteiger partial charge is 0.0244 e. The van der Waals surface area contributed by atoms with Crippen LogP contribution >= 0.6 is 0 Å². The van der Waals surface area contributed by atoms with Gasteiger partial charge in [-0.15, -0.1) is 12.3 Å². The Bertz CT molecular complexity index is 259. The largest absolute Gasteiger partial charge is 0.311 e. The van der Waals surface area contributed by atoms with Gasteiger partial charge in [0.25, 0.3) is 0 Å². The highest BCUT2D eigenvalue weighted by atomic mass is 15.2. The van der Waals surface area contributed by atoms with Crippen molar-refractivity contribution in [1.29, 1.82) is 0 Å². The average Bonchev–Trinajstić information content (AvgIpc) is 2.16. The molecule has 0 radical (unpaired) electrons. The molecular weight excluding hydrogens is 196 g/mol. The third-order valence-electron chi connectivity index (χ3n) is 3.64. The van der Waals surface area contributed by atoms with E-state index in [-0.39, 0.29) is 0 Å². The number of nitrogens with zero attached hydrogens (tertiary/aromatic N) is 1. The van der Waals surface area contributed by atoms with Gasteiger partial charge in [-0.05, 0) is 19.3 Å². The Kier molecular flexibility index (Phi) is 4.41. The fourth-order valence-corrected chi connectivity index (χ4v) is 2.37. The van der Waals surface area contributed by atoms with Crippen LogP contribution in [0.2, 0.25) is 0 Å². The maximum Gasteiger partial charge on any atom is 0.0244 e. The Morgan fingerprint density at radius 3 is 2.62 bits per heavy atom. The quantitative estimate of drug-likeness (QED) is 0.720. The van der Waals surface area contributed by atoms with Crippen molar-refractivity contribution >= 4 is 0 Å². The third-order valence-corrected chi connectivity index (χ3v) is 3.64. The molecule has 92 valence electrons. The van der Waals surface area contributed by atoms with Gasteiger partial charge in [-0.3, -0.25) is 4.90 Å². The molecule has 1 saturated heterocycles. The number of nitrogens with one attached hydrogen (secondary N) is 1. The van der Waals surface area contributed by atoms with Crippen molar-refractivity contribution in [2.45, 2.75) is 59.2 Å². The average molecular weight is 222 g/mol. The Morgan fingerprint density at radius 2 is 2.12 bits per heavy atom. The van der Waals surface area contributed by atoms with E-state index in [4.69, 9.17) is 6.42 Å². The van der Waals surface area contributed by atoms with E-state index in [1.54, 1.807) is 0 Å². The van der Waals surface area contributed by atoms with Gasteiger partial charge in [0.1, 0.15) is 0 Å². The Hall–Kier alpha value is -0.520. The van der Waals surface area contributed by atoms with Gasteiger partial charge in [-0.2, -0.15) is 0 Å². The fraction of sp³-hybridized carbons (Fsp3) is 0.857. The summed E-state index contributed by atoms with van der Waals surface area (Å²) >= 11 is 0. The van der Waals surface area contributed by atoms with Crippen LogP contribution in [0.4, 0.5) is 0 Å². The molecule has 0 aromatic carbocycles. The molecule has 0 aromatic rings. The second-order valence-electron chi connectivity index (χ2n) is 6.13. The molecule has 0 spiro atoms. The molecule has 16 heavy (non-hydrogen) atoms. The highest BCUT2D eigenvalue weighted by molar-refractivity contribution is 4.96. The van der Waals surface area contributed by atoms with Gasteiger partial charge in [0.05, 0.1) is 0 Å². The Labute approximate surface area is 101 Å². The molecule has 3 unspecified atom stereocenters. The van der Waals surface area contributed by atoms with Crippen LogP contribution in [0.3, 0.4) is 0 Å². The molecule has 2 heteroatoms. The van der Waals surface area contributed by atoms with E-state index in [1.165, 1.54) is 0 Å². The van der Waals surface area contributed by atoms with E-state index >= 15 is 0 Å². The van der Waals surface area contributed by atoms with Crippen LogP contribution in [0.1, 0.15) is 41.0 Å². The van der Waals surface area contributed by atoms with Crippen LogP contribution in [0.25, 0.3) is 0 Å². The molecule has 1 N–H and O–H groups in total. The third kappa shape index (κ3) is 3.23. The Balaban J connectivity index is 2.66. The molecule has 1 aliphatic rings. The molecule has 0 aromatic heterocycles. The minimum atomic E-state index is 0.314. The van der Waals surface area contributed by atoms with Gasteiger partial charge in [0.15, 0.2) is 0 Å². The van der Waals surface area contributed by atoms with Gasteiger partial charge in [-0.25, -0.2) is 0 Å². The first kappa shape index (κ1) is 13.5. The predicted octanol–water partition coefficient (Wildman–Crippen LogP) is 2.11. The van der Waals surface area contributed by atoms with Gasteiger partial charge >= 0.3 is 0 Å². The lowest BCUT2D eigenvalue weighted by Gasteiger charge is -2.46. The summed E-state index contributed by atoms with van der Waals surface area (Å²) in [6, 6.07) is 1.64. The normalized spacial score (nSPS) is 29.8. The maximum absolute atomic E-state index is 5.41. The summed E-state index contributed by atoms with van der Waals surface area (Å²) in [5.41, 5.74) is 0.314. The summed E-state index contributed by atoms with van der Waals surface area (Å²) < 4.78 is 0. The number of hydrogen-bond acceptors (Lipinski definition) is 2. The first-order valence-corrected chi connectivity index (χ1v) is 6.29. The molecule has 1 heterocycles. The SMILES string of the molecule is C#CCC(C)N1CC(C(C)(C)C)NCC1C. The van der Waals surface area contributed by atoms with Gasteiger partial charge in [-0.1, -0.05) is 20.8 Å². The van der Waals surface area contributed by atoms with Gasteiger partial charge in [0.2, 0.25) is 0 Å². The maximum atomic E-state index is 5.41. The minimum Gasteiger partial charge on any atom is -0.311 e. The lowest BCUT2D eigenvalue weighted by atomic mass is 9.84. The summed E-state index contributed by atoms with van der Waals surface area (Å²) in [5.74, 6) is 2.78. The minimum absolute atomic E-state index is 0.314. The van der Waals surface area contributed by atoms with Crippen LogP contribution in [-0.2, 0) is 0 Å². The molecule has 1 aliphatic heterocycles. The fourth-order valence-electron chi connectivity index (χ4n) is 2.37. The first-order chi connectivity index (χ1) is 7.36. The zero-order chi connectivity index (χ0) is 12.3. The van der Waals surface area contributed by atoms with Crippen molar-refractivity contribution in [2.24, 2.45) is 5.41 Å². The van der Waals surface area contributed by atoms with Crippen LogP contribution < -0.4 is 5.32 Å². The van der Waals surface area contributed by atoms with Crippen molar-refractivity contribution in [1.82, 2.24) is 10.2 Å². The predicted molar refractivity (Wildman–Crippen MR) is 70.3 cm³/mol. The van der Waals surface area contributed by atoms with Crippen molar-refractivity contribution in [2.75, 3.05) is 13.1 Å². The number of piperazine rings is 1. The summed E-state index contributed by atoms with van der Waals surface area (Å²) in [6.07, 6.45) is 6.26. The standard InChI is InChI=1S/C14H26N2/c1-7-8-11(2)16-10-13(14(4,5)6)15-9-12(16)3/h1,11-13,15H,8-10H2,2-6H3. The van der Waals surface area contributed by atoms with E-state index in [0.29, 0.717) is 23.5 Å². The molecule has 3 atom stereocenters. The molecule has 0 saturated carbocycles. The second-order valence-corrected chi connectivity index (χ2v) is 6.13. The van der Waals surface area contributed by atoms with Crippen molar-refractivity contribution in [3.05, 3.63) is 0 Å². The molecular formula is C14H26N2. The number of rotatable bonds is 2. The molecule has 1 rings (SSSR count). The summed E-state index contributed by atoms with van der Waals surface area (Å²) in [4.78, 5) is 2.55. The highest BCUT2D eigenvalue weighted by Crippen LogP contribution is 2.24. The topological polar surface area (TPSA) is 15.3 Å². The highest BCUT2D eigenvalue weighted by Gasteiger charge is 2.33. The molecule has 0 amide bonds. The van der Waals surface area contributed by atoms with Gasteiger partial charge < -0.3 is 5.32 Å². The number of terminal acetylenes is 1. The second kappa shape index (κ2) is 5.21. The molecule has 2 nitrogen and oxygen atoms in total. The van der Waals surface area contributed by atoms with E-state index in [9.17, 15) is 0 Å². The molecule has 1 fully saturated rings. The first-order valence-electron chi connectivity index (χ1n) is 6.29. The van der Waals surface area contributed by atoms with Crippen molar-refractivity contribution < 1.29 is 0 Å². The lowest BCUT2D eigenvalue weighted by Crippen LogP contribution is -2.61. The monoisotopic (exact) mass is 222 g/mol. The van der Waals surface area contributed by atoms with Crippen LogP contribution in [0.15, 0.2) is 0 Å². The van der Waals surface area contributed by atoms with E-state index in [2.05, 4.69) is 50.8 Å². The van der Waals surface area contributed by atoms with Gasteiger partial charge in [0, 0.05) is 37.6 Å².